The van der Waals surface area contributed by atoms with E-state index in [1.165, 1.54) is 10.3 Å². The van der Waals surface area contributed by atoms with Crippen molar-refractivity contribution in [2.75, 3.05) is 26.2 Å². The lowest BCUT2D eigenvalue weighted by molar-refractivity contribution is -0.0199. The van der Waals surface area contributed by atoms with E-state index in [-0.39, 0.29) is 18.6 Å². The van der Waals surface area contributed by atoms with Crippen LogP contribution in [0.3, 0.4) is 0 Å². The molecule has 0 saturated carbocycles. The molecule has 0 aromatic heterocycles. The van der Waals surface area contributed by atoms with Crippen molar-refractivity contribution < 1.29 is 19.4 Å². The first-order valence-corrected chi connectivity index (χ1v) is 10.9. The minimum absolute atomic E-state index is 0.0818. The van der Waals surface area contributed by atoms with Crippen LogP contribution in [0.2, 0.25) is 0 Å². The summed E-state index contributed by atoms with van der Waals surface area (Å²) in [6, 6.07) is 22.2. The molecule has 3 aromatic carbocycles. The van der Waals surface area contributed by atoms with Crippen molar-refractivity contribution in [2.24, 2.45) is 5.11 Å². The molecular weight excluding hydrogens is 420 g/mol. The third kappa shape index (κ3) is 5.74. The van der Waals surface area contributed by atoms with Gasteiger partial charge in [0, 0.05) is 17.4 Å². The number of hydrogen-bond acceptors (Lipinski definition) is 4. The average molecular weight is 447 g/mol. The van der Waals surface area contributed by atoms with E-state index < -0.39 is 6.09 Å². The lowest BCUT2D eigenvalue weighted by Crippen LogP contribution is -2.46. The molecule has 8 nitrogen and oxygen atoms in total. The predicted octanol–water partition coefficient (Wildman–Crippen LogP) is 5.58. The van der Waals surface area contributed by atoms with Crippen molar-refractivity contribution in [1.29, 1.82) is 0 Å². The highest BCUT2D eigenvalue weighted by Gasteiger charge is 2.33. The average Bonchev–Trinajstić information content (AvgIpc) is 2.85. The monoisotopic (exact) mass is 446 g/mol. The summed E-state index contributed by atoms with van der Waals surface area (Å²) >= 11 is 0. The molecule has 4 rings (SSSR count). The van der Waals surface area contributed by atoms with Crippen LogP contribution in [0.5, 0.6) is 5.75 Å². The molecule has 0 bridgehead atoms. The Morgan fingerprint density at radius 1 is 1.12 bits per heavy atom. The third-order valence-corrected chi connectivity index (χ3v) is 5.94. The van der Waals surface area contributed by atoms with Gasteiger partial charge in [-0.05, 0) is 52.1 Å². The molecule has 33 heavy (non-hydrogen) atoms. The zero-order chi connectivity index (χ0) is 23.0. The van der Waals surface area contributed by atoms with E-state index in [1.807, 2.05) is 36.4 Å². The Balaban J connectivity index is 1.45. The lowest BCUT2D eigenvalue weighted by Gasteiger charge is -2.37. The molecule has 1 aliphatic rings. The minimum Gasteiger partial charge on any atom is -0.493 e. The zero-order valence-electron chi connectivity index (χ0n) is 18.2. The van der Waals surface area contributed by atoms with Crippen LogP contribution in [0.15, 0.2) is 71.8 Å². The summed E-state index contributed by atoms with van der Waals surface area (Å²) in [6.07, 6.45) is -0.485. The van der Waals surface area contributed by atoms with Crippen molar-refractivity contribution in [2.45, 2.75) is 25.0 Å². The first-order valence-electron chi connectivity index (χ1n) is 10.9. The maximum Gasteiger partial charge on any atom is 0.407 e. The number of benzene rings is 3. The molecule has 3 aromatic rings. The van der Waals surface area contributed by atoms with E-state index >= 15 is 0 Å². The van der Waals surface area contributed by atoms with Crippen LogP contribution < -0.4 is 4.74 Å². The van der Waals surface area contributed by atoms with Gasteiger partial charge >= 0.3 is 6.09 Å². The van der Waals surface area contributed by atoms with Gasteiger partial charge in [0.05, 0.1) is 32.4 Å². The van der Waals surface area contributed by atoms with Crippen molar-refractivity contribution >= 4 is 16.9 Å². The van der Waals surface area contributed by atoms with Gasteiger partial charge in [-0.25, -0.2) is 4.79 Å². The Morgan fingerprint density at radius 2 is 1.91 bits per heavy atom. The number of nitrogens with zero attached hydrogens (tertiary/aromatic N) is 4. The molecule has 1 N–H and O–H groups in total. The van der Waals surface area contributed by atoms with Gasteiger partial charge in [-0.3, -0.25) is 0 Å². The SMILES string of the molecule is [N-]=[N+]=NCCOc1ccc(C2CCN(C(=O)O)CC2OCc2ccc3ccccc3c2)cc1. The Morgan fingerprint density at radius 3 is 2.67 bits per heavy atom. The van der Waals surface area contributed by atoms with E-state index in [0.29, 0.717) is 38.5 Å². The van der Waals surface area contributed by atoms with Crippen LogP contribution in [0.1, 0.15) is 23.5 Å². The molecular formula is C25H26N4O4. The quantitative estimate of drug-likeness (QED) is 0.211. The highest BCUT2D eigenvalue weighted by Crippen LogP contribution is 2.32. The number of carboxylic acid groups (broad SMARTS) is 1. The van der Waals surface area contributed by atoms with Gasteiger partial charge in [0.1, 0.15) is 5.75 Å². The summed E-state index contributed by atoms with van der Waals surface area (Å²) in [6.45, 7) is 1.81. The van der Waals surface area contributed by atoms with Gasteiger partial charge < -0.3 is 19.5 Å². The molecule has 0 aliphatic carbocycles. The minimum atomic E-state index is -0.920. The Hall–Kier alpha value is -3.74. The number of ether oxygens (including phenoxy) is 2. The highest BCUT2D eigenvalue weighted by molar-refractivity contribution is 5.82. The fourth-order valence-electron chi connectivity index (χ4n) is 4.23. The van der Waals surface area contributed by atoms with E-state index in [2.05, 4.69) is 40.4 Å². The summed E-state index contributed by atoms with van der Waals surface area (Å²) in [5.41, 5.74) is 10.5. The van der Waals surface area contributed by atoms with E-state index in [1.54, 1.807) is 0 Å². The first kappa shape index (κ1) is 22.5. The van der Waals surface area contributed by atoms with Gasteiger partial charge in [-0.15, -0.1) is 0 Å². The molecule has 1 heterocycles. The molecule has 170 valence electrons. The van der Waals surface area contributed by atoms with Gasteiger partial charge in [-0.1, -0.05) is 53.6 Å². The van der Waals surface area contributed by atoms with Crippen molar-refractivity contribution in [3.63, 3.8) is 0 Å². The Kier molecular flexibility index (Phi) is 7.29. The van der Waals surface area contributed by atoms with Crippen LogP contribution >= 0.6 is 0 Å². The molecule has 0 radical (unpaired) electrons. The standard InChI is InChI=1S/C25H26N4O4/c26-28-27-12-14-32-22-9-7-20(8-10-22)23-11-13-29(25(30)31)16-24(23)33-17-18-5-6-19-3-1-2-4-21(19)15-18/h1-10,15,23-24H,11-14,16-17H2,(H,30,31). The zero-order valence-corrected chi connectivity index (χ0v) is 18.2. The number of carbonyl (C=O) groups is 1. The summed E-state index contributed by atoms with van der Waals surface area (Å²) in [4.78, 5) is 15.7. The second-order valence-electron chi connectivity index (χ2n) is 8.03. The number of likely N-dealkylation sites (tertiary alicyclic amines) is 1. The van der Waals surface area contributed by atoms with Gasteiger partial charge in [0.25, 0.3) is 0 Å². The van der Waals surface area contributed by atoms with Gasteiger partial charge in [0.15, 0.2) is 0 Å². The van der Waals surface area contributed by atoms with Gasteiger partial charge in [0.2, 0.25) is 0 Å². The number of amides is 1. The maximum atomic E-state index is 11.6. The topological polar surface area (TPSA) is 108 Å². The molecule has 1 amide bonds. The second kappa shape index (κ2) is 10.7. The van der Waals surface area contributed by atoms with Crippen molar-refractivity contribution in [1.82, 2.24) is 4.90 Å². The second-order valence-corrected chi connectivity index (χ2v) is 8.03. The van der Waals surface area contributed by atoms with Crippen LogP contribution in [0.25, 0.3) is 21.2 Å². The van der Waals surface area contributed by atoms with E-state index in [4.69, 9.17) is 15.0 Å². The summed E-state index contributed by atoms with van der Waals surface area (Å²) in [7, 11) is 0. The van der Waals surface area contributed by atoms with E-state index in [9.17, 15) is 9.90 Å². The van der Waals surface area contributed by atoms with Crippen LogP contribution in [0.4, 0.5) is 4.79 Å². The molecule has 1 saturated heterocycles. The predicted molar refractivity (Wildman–Crippen MR) is 125 cm³/mol. The van der Waals surface area contributed by atoms with Crippen LogP contribution in [-0.2, 0) is 11.3 Å². The Bertz CT molecular complexity index is 1140. The third-order valence-electron chi connectivity index (χ3n) is 5.94. The highest BCUT2D eigenvalue weighted by atomic mass is 16.5. The number of piperidine rings is 1. The van der Waals surface area contributed by atoms with E-state index in [0.717, 1.165) is 16.5 Å². The summed E-state index contributed by atoms with van der Waals surface area (Å²) in [5, 5.41) is 15.3. The fraction of sp³-hybridized carbons (Fsp3) is 0.320. The molecule has 1 fully saturated rings. The number of fused-ring (bicyclic) bond motifs is 1. The van der Waals surface area contributed by atoms with Gasteiger partial charge in [-0.2, -0.15) is 0 Å². The van der Waals surface area contributed by atoms with Crippen molar-refractivity contribution in [3.8, 4) is 5.75 Å². The molecule has 0 spiro atoms. The van der Waals surface area contributed by atoms with Crippen LogP contribution in [0, 0.1) is 0 Å². The fourth-order valence-corrected chi connectivity index (χ4v) is 4.23. The number of hydrogen-bond donors (Lipinski definition) is 1. The van der Waals surface area contributed by atoms with Crippen molar-refractivity contribution in [3.05, 3.63) is 88.3 Å². The summed E-state index contributed by atoms with van der Waals surface area (Å²) in [5.74, 6) is 0.779. The lowest BCUT2D eigenvalue weighted by atomic mass is 9.87. The molecule has 1 aliphatic heterocycles. The number of azide groups is 1. The first-order chi connectivity index (χ1) is 16.1. The maximum absolute atomic E-state index is 11.6. The Labute approximate surface area is 192 Å². The normalized spacial score (nSPS) is 18.0. The largest absolute Gasteiger partial charge is 0.493 e. The molecule has 2 unspecified atom stereocenters. The molecule has 2 atom stereocenters. The molecule has 8 heteroatoms. The van der Waals surface area contributed by atoms with Crippen LogP contribution in [-0.4, -0.2) is 48.4 Å². The summed E-state index contributed by atoms with van der Waals surface area (Å²) < 4.78 is 11.9. The number of rotatable bonds is 8. The smallest absolute Gasteiger partial charge is 0.407 e.